The van der Waals surface area contributed by atoms with Crippen molar-refractivity contribution in [1.82, 2.24) is 0 Å². The molecule has 0 saturated heterocycles. The third-order valence-corrected chi connectivity index (χ3v) is 2.61. The van der Waals surface area contributed by atoms with E-state index in [4.69, 9.17) is 0 Å². The third kappa shape index (κ3) is 6.57. The lowest BCUT2D eigenvalue weighted by Gasteiger charge is -2.03. The summed E-state index contributed by atoms with van der Waals surface area (Å²) in [4.78, 5) is 0. The van der Waals surface area contributed by atoms with Gasteiger partial charge in [-0.1, -0.05) is 13.3 Å². The highest BCUT2D eigenvalue weighted by molar-refractivity contribution is 7.86. The van der Waals surface area contributed by atoms with E-state index in [2.05, 4.69) is 8.92 Å². The largest absolute Gasteiger partial charge is 0.382 e. The Balaban J connectivity index is 3.58. The molecule has 0 aromatic carbocycles. The minimum atomic E-state index is -3.30. The van der Waals surface area contributed by atoms with Gasteiger partial charge in [0.05, 0.1) is 19.0 Å². The minimum absolute atomic E-state index is 0.104. The number of methoxy groups -OCH3 is 1. The fraction of sp³-hybridized carbons (Fsp3) is 1.00. The van der Waals surface area contributed by atoms with Crippen LogP contribution in [0.3, 0.4) is 0 Å². The van der Waals surface area contributed by atoms with Crippen LogP contribution in [0.25, 0.3) is 0 Å². The van der Waals surface area contributed by atoms with Crippen LogP contribution < -0.4 is 0 Å². The average molecular weight is 196 g/mol. The summed E-state index contributed by atoms with van der Waals surface area (Å²) in [5, 5.41) is 0. The van der Waals surface area contributed by atoms with Crippen molar-refractivity contribution in [3.8, 4) is 0 Å². The summed E-state index contributed by atoms with van der Waals surface area (Å²) in [5.41, 5.74) is 0. The lowest BCUT2D eigenvalue weighted by Crippen LogP contribution is -2.13. The van der Waals surface area contributed by atoms with Gasteiger partial charge in [-0.15, -0.1) is 0 Å². The molecule has 0 aromatic rings. The van der Waals surface area contributed by atoms with E-state index in [1.807, 2.05) is 6.92 Å². The molecule has 0 unspecified atom stereocenters. The molecule has 5 heteroatoms. The molecule has 0 bridgehead atoms. The molecule has 0 atom stereocenters. The van der Waals surface area contributed by atoms with Crippen LogP contribution in [-0.2, 0) is 19.0 Å². The molecule has 0 aliphatic rings. The van der Waals surface area contributed by atoms with Crippen LogP contribution in [0.4, 0.5) is 0 Å². The second-order valence-corrected chi connectivity index (χ2v) is 4.19. The molecule has 0 fully saturated rings. The van der Waals surface area contributed by atoms with Crippen molar-refractivity contribution in [2.75, 3.05) is 26.1 Å². The Hall–Kier alpha value is -0.130. The van der Waals surface area contributed by atoms with Crippen LogP contribution in [0.15, 0.2) is 0 Å². The second-order valence-electron chi connectivity index (χ2n) is 2.43. The number of ether oxygens (including phenoxy) is 1. The van der Waals surface area contributed by atoms with Crippen molar-refractivity contribution in [2.24, 2.45) is 0 Å². The highest BCUT2D eigenvalue weighted by atomic mass is 32.2. The Kier molecular flexibility index (Phi) is 6.32. The van der Waals surface area contributed by atoms with Gasteiger partial charge >= 0.3 is 0 Å². The van der Waals surface area contributed by atoms with E-state index in [1.54, 1.807) is 0 Å². The first-order valence-corrected chi connectivity index (χ1v) is 5.56. The number of hydrogen-bond donors (Lipinski definition) is 0. The van der Waals surface area contributed by atoms with E-state index in [1.165, 1.54) is 7.11 Å². The van der Waals surface area contributed by atoms with Crippen molar-refractivity contribution in [1.29, 1.82) is 0 Å². The Labute approximate surface area is 74.0 Å². The van der Waals surface area contributed by atoms with Crippen LogP contribution in [0.2, 0.25) is 0 Å². The molecular formula is C7H16O4S. The van der Waals surface area contributed by atoms with Gasteiger partial charge in [0.25, 0.3) is 10.1 Å². The van der Waals surface area contributed by atoms with Crippen LogP contribution in [0.1, 0.15) is 19.8 Å². The van der Waals surface area contributed by atoms with Crippen LogP contribution in [0, 0.1) is 0 Å². The van der Waals surface area contributed by atoms with Gasteiger partial charge in [0.15, 0.2) is 0 Å². The van der Waals surface area contributed by atoms with Crippen LogP contribution in [-0.4, -0.2) is 34.5 Å². The molecule has 0 heterocycles. The summed E-state index contributed by atoms with van der Waals surface area (Å²) in [6.45, 7) is 2.36. The maximum Gasteiger partial charge on any atom is 0.267 e. The van der Waals surface area contributed by atoms with Crippen LogP contribution in [0.5, 0.6) is 0 Å². The van der Waals surface area contributed by atoms with Crippen molar-refractivity contribution in [3.05, 3.63) is 0 Å². The monoisotopic (exact) mass is 196 g/mol. The third-order valence-electron chi connectivity index (χ3n) is 1.30. The summed E-state index contributed by atoms with van der Waals surface area (Å²) in [6.07, 6.45) is 1.50. The van der Waals surface area contributed by atoms with E-state index in [9.17, 15) is 8.42 Å². The highest BCUT2D eigenvalue weighted by Crippen LogP contribution is 1.98. The summed E-state index contributed by atoms with van der Waals surface area (Å²) in [7, 11) is -1.79. The molecule has 0 spiro atoms. The van der Waals surface area contributed by atoms with Crippen molar-refractivity contribution in [2.45, 2.75) is 19.8 Å². The molecule has 0 radical (unpaired) electrons. The topological polar surface area (TPSA) is 52.6 Å². The standard InChI is InChI=1S/C7H16O4S/c1-3-4-7-12(8,9)11-6-5-10-2/h3-7H2,1-2H3. The van der Waals surface area contributed by atoms with Gasteiger partial charge in [0.2, 0.25) is 0 Å². The Morgan fingerprint density at radius 1 is 1.25 bits per heavy atom. The SMILES string of the molecule is CCCCS(=O)(=O)OCCOC. The number of unbranched alkanes of at least 4 members (excludes halogenated alkanes) is 1. The summed E-state index contributed by atoms with van der Waals surface area (Å²) < 4.78 is 31.2. The summed E-state index contributed by atoms with van der Waals surface area (Å²) in [6, 6.07) is 0. The zero-order valence-electron chi connectivity index (χ0n) is 7.58. The fourth-order valence-electron chi connectivity index (χ4n) is 0.624. The average Bonchev–Trinajstić information content (AvgIpc) is 2.01. The van der Waals surface area contributed by atoms with Gasteiger partial charge in [-0.2, -0.15) is 8.42 Å². The smallest absolute Gasteiger partial charge is 0.267 e. The first-order valence-electron chi connectivity index (χ1n) is 3.98. The zero-order chi connectivity index (χ0) is 9.45. The molecule has 0 amide bonds. The van der Waals surface area contributed by atoms with E-state index in [0.29, 0.717) is 13.0 Å². The highest BCUT2D eigenvalue weighted by Gasteiger charge is 2.08. The summed E-state index contributed by atoms with van der Waals surface area (Å²) in [5.74, 6) is 0.104. The van der Waals surface area contributed by atoms with E-state index >= 15 is 0 Å². The molecule has 0 aliphatic heterocycles. The van der Waals surface area contributed by atoms with Gasteiger partial charge in [0, 0.05) is 7.11 Å². The Bertz CT molecular complexity index is 186. The number of hydrogen-bond acceptors (Lipinski definition) is 4. The van der Waals surface area contributed by atoms with Gasteiger partial charge in [-0.25, -0.2) is 0 Å². The number of rotatable bonds is 7. The molecule has 0 N–H and O–H groups in total. The minimum Gasteiger partial charge on any atom is -0.382 e. The maximum atomic E-state index is 11.0. The van der Waals surface area contributed by atoms with Gasteiger partial charge < -0.3 is 4.74 Å². The zero-order valence-corrected chi connectivity index (χ0v) is 8.39. The van der Waals surface area contributed by atoms with Crippen LogP contribution >= 0.6 is 0 Å². The molecular weight excluding hydrogens is 180 g/mol. The van der Waals surface area contributed by atoms with Gasteiger partial charge in [0.1, 0.15) is 0 Å². The molecule has 0 saturated carbocycles. The Morgan fingerprint density at radius 3 is 2.42 bits per heavy atom. The van der Waals surface area contributed by atoms with E-state index < -0.39 is 10.1 Å². The fourth-order valence-corrected chi connectivity index (χ4v) is 1.71. The first-order chi connectivity index (χ1) is 5.62. The van der Waals surface area contributed by atoms with Crippen molar-refractivity contribution in [3.63, 3.8) is 0 Å². The summed E-state index contributed by atoms with van der Waals surface area (Å²) >= 11 is 0. The molecule has 0 aromatic heterocycles. The quantitative estimate of drug-likeness (QED) is 0.446. The lowest BCUT2D eigenvalue weighted by molar-refractivity contribution is 0.149. The second kappa shape index (κ2) is 6.39. The van der Waals surface area contributed by atoms with Crippen molar-refractivity contribution >= 4 is 10.1 Å². The molecule has 0 rings (SSSR count). The molecule has 12 heavy (non-hydrogen) atoms. The molecule has 0 aliphatic carbocycles. The Morgan fingerprint density at radius 2 is 1.92 bits per heavy atom. The van der Waals surface area contributed by atoms with Gasteiger partial charge in [-0.3, -0.25) is 4.18 Å². The first kappa shape index (κ1) is 11.9. The van der Waals surface area contributed by atoms with E-state index in [0.717, 1.165) is 6.42 Å². The predicted octanol–water partition coefficient (Wildman–Crippen LogP) is 0.779. The predicted molar refractivity (Wildman–Crippen MR) is 46.5 cm³/mol. The van der Waals surface area contributed by atoms with E-state index in [-0.39, 0.29) is 12.4 Å². The maximum absolute atomic E-state index is 11.0. The van der Waals surface area contributed by atoms with Crippen molar-refractivity contribution < 1.29 is 17.3 Å². The van der Waals surface area contributed by atoms with Gasteiger partial charge in [-0.05, 0) is 6.42 Å². The normalized spacial score (nSPS) is 11.8. The molecule has 74 valence electrons. The molecule has 4 nitrogen and oxygen atoms in total. The lowest BCUT2D eigenvalue weighted by atomic mass is 10.4.